The Bertz CT molecular complexity index is 534. The molecule has 0 aliphatic rings. The van der Waals surface area contributed by atoms with Crippen LogP contribution in [0.1, 0.15) is 19.0 Å². The quantitative estimate of drug-likeness (QED) is 0.768. The van der Waals surface area contributed by atoms with Gasteiger partial charge < -0.3 is 11.1 Å². The zero-order valence-electron chi connectivity index (χ0n) is 11.4. The fraction of sp³-hybridized carbons (Fsp3) is 0.462. The van der Waals surface area contributed by atoms with Gasteiger partial charge in [-0.1, -0.05) is 0 Å². The van der Waals surface area contributed by atoms with Crippen molar-refractivity contribution >= 4 is 5.95 Å². The second kappa shape index (κ2) is 6.29. The minimum atomic E-state index is 0.634. The van der Waals surface area contributed by atoms with Crippen molar-refractivity contribution in [3.63, 3.8) is 0 Å². The summed E-state index contributed by atoms with van der Waals surface area (Å²) in [5.41, 5.74) is 8.52. The van der Waals surface area contributed by atoms with Gasteiger partial charge in [-0.05, 0) is 32.9 Å². The van der Waals surface area contributed by atoms with Crippen molar-refractivity contribution < 1.29 is 0 Å². The lowest BCUT2D eigenvalue weighted by atomic mass is 10.2. The monoisotopic (exact) mass is 260 g/mol. The fourth-order valence-corrected chi connectivity index (χ4v) is 1.91. The number of aryl methyl sites for hydroxylation is 1. The highest BCUT2D eigenvalue weighted by Gasteiger charge is 2.09. The summed E-state index contributed by atoms with van der Waals surface area (Å²) in [7, 11) is 0. The molecule has 0 unspecified atom stereocenters. The second-order valence-corrected chi connectivity index (χ2v) is 4.29. The van der Waals surface area contributed by atoms with Crippen LogP contribution in [0.4, 0.5) is 5.95 Å². The van der Waals surface area contributed by atoms with E-state index < -0.39 is 0 Å². The molecule has 102 valence electrons. The molecule has 0 aliphatic carbocycles. The van der Waals surface area contributed by atoms with Gasteiger partial charge in [0.05, 0.1) is 11.9 Å². The van der Waals surface area contributed by atoms with E-state index in [0.29, 0.717) is 12.5 Å². The summed E-state index contributed by atoms with van der Waals surface area (Å²) in [6.07, 6.45) is 4.51. The second-order valence-electron chi connectivity index (χ2n) is 4.29. The summed E-state index contributed by atoms with van der Waals surface area (Å²) >= 11 is 0. The minimum absolute atomic E-state index is 0.634. The number of anilines is 1. The summed E-state index contributed by atoms with van der Waals surface area (Å²) in [6, 6.07) is 1.90. The highest BCUT2D eigenvalue weighted by Crippen LogP contribution is 2.21. The predicted molar refractivity (Wildman–Crippen MR) is 75.8 cm³/mol. The van der Waals surface area contributed by atoms with E-state index in [2.05, 4.69) is 34.2 Å². The van der Waals surface area contributed by atoms with Crippen molar-refractivity contribution in [1.29, 1.82) is 0 Å². The van der Waals surface area contributed by atoms with Crippen LogP contribution in [0.5, 0.6) is 0 Å². The first kappa shape index (κ1) is 13.5. The predicted octanol–water partition coefficient (Wildman–Crippen LogP) is 1.43. The largest absolute Gasteiger partial charge is 0.354 e. The van der Waals surface area contributed by atoms with Crippen LogP contribution in [0.2, 0.25) is 0 Å². The van der Waals surface area contributed by atoms with Crippen molar-refractivity contribution in [2.45, 2.75) is 26.8 Å². The van der Waals surface area contributed by atoms with E-state index in [1.807, 2.05) is 16.9 Å². The van der Waals surface area contributed by atoms with E-state index in [-0.39, 0.29) is 0 Å². The molecular formula is C13H20N6. The van der Waals surface area contributed by atoms with E-state index in [0.717, 1.165) is 36.5 Å². The Morgan fingerprint density at radius 1 is 1.42 bits per heavy atom. The summed E-state index contributed by atoms with van der Waals surface area (Å²) in [4.78, 5) is 8.71. The van der Waals surface area contributed by atoms with Gasteiger partial charge >= 0.3 is 0 Å². The Balaban J connectivity index is 2.20. The number of nitrogens with two attached hydrogens (primary N) is 1. The zero-order chi connectivity index (χ0) is 13.7. The number of rotatable bonds is 6. The van der Waals surface area contributed by atoms with Gasteiger partial charge in [0.2, 0.25) is 5.95 Å². The lowest BCUT2D eigenvalue weighted by Gasteiger charge is -2.06. The maximum atomic E-state index is 5.46. The normalized spacial score (nSPS) is 10.7. The Morgan fingerprint density at radius 2 is 2.26 bits per heavy atom. The molecule has 0 aromatic carbocycles. The molecule has 2 rings (SSSR count). The third kappa shape index (κ3) is 3.08. The zero-order valence-corrected chi connectivity index (χ0v) is 11.4. The van der Waals surface area contributed by atoms with Gasteiger partial charge in [0.1, 0.15) is 0 Å². The van der Waals surface area contributed by atoms with Crippen molar-refractivity contribution in [3.8, 4) is 11.3 Å². The van der Waals surface area contributed by atoms with Gasteiger partial charge in [-0.2, -0.15) is 5.10 Å². The molecule has 6 nitrogen and oxygen atoms in total. The van der Waals surface area contributed by atoms with E-state index in [1.54, 1.807) is 6.20 Å². The number of hydrogen-bond acceptors (Lipinski definition) is 5. The average molecular weight is 260 g/mol. The Kier molecular flexibility index (Phi) is 4.46. The lowest BCUT2D eigenvalue weighted by Crippen LogP contribution is -2.10. The van der Waals surface area contributed by atoms with Gasteiger partial charge in [-0.15, -0.1) is 0 Å². The third-order valence-corrected chi connectivity index (χ3v) is 3.00. The maximum absolute atomic E-state index is 5.46. The van der Waals surface area contributed by atoms with Crippen LogP contribution in [0.15, 0.2) is 18.5 Å². The van der Waals surface area contributed by atoms with Crippen molar-refractivity contribution in [3.05, 3.63) is 24.2 Å². The summed E-state index contributed by atoms with van der Waals surface area (Å²) in [6.45, 7) is 6.43. The molecule has 6 heteroatoms. The van der Waals surface area contributed by atoms with Crippen LogP contribution < -0.4 is 11.1 Å². The van der Waals surface area contributed by atoms with E-state index >= 15 is 0 Å². The molecule has 0 radical (unpaired) electrons. The van der Waals surface area contributed by atoms with Gasteiger partial charge in [0.15, 0.2) is 0 Å². The number of aromatic nitrogens is 4. The van der Waals surface area contributed by atoms with Gasteiger partial charge in [-0.25, -0.2) is 9.97 Å². The number of nitrogens with one attached hydrogen (secondary N) is 1. The van der Waals surface area contributed by atoms with E-state index in [1.165, 1.54) is 0 Å². The third-order valence-electron chi connectivity index (χ3n) is 3.00. The van der Waals surface area contributed by atoms with E-state index in [4.69, 9.17) is 5.73 Å². The van der Waals surface area contributed by atoms with Crippen molar-refractivity contribution in [2.75, 3.05) is 18.4 Å². The highest BCUT2D eigenvalue weighted by molar-refractivity contribution is 5.61. The molecule has 0 spiro atoms. The highest BCUT2D eigenvalue weighted by atomic mass is 15.3. The van der Waals surface area contributed by atoms with Crippen LogP contribution in [-0.4, -0.2) is 32.8 Å². The molecule has 0 saturated carbocycles. The lowest BCUT2D eigenvalue weighted by molar-refractivity contribution is 0.640. The van der Waals surface area contributed by atoms with Crippen LogP contribution in [-0.2, 0) is 6.54 Å². The molecule has 0 atom stereocenters. The minimum Gasteiger partial charge on any atom is -0.354 e. The van der Waals surface area contributed by atoms with Crippen molar-refractivity contribution in [1.82, 2.24) is 19.7 Å². The standard InChI is InChI=1S/C13H20N6/c1-3-19-10(2)11(9-17-19)12-5-8-16-13(18-12)15-7-4-6-14/h5,8-9H,3-4,6-7,14H2,1-2H3,(H,15,16,18). The number of hydrogen-bond donors (Lipinski definition) is 2. The molecule has 0 bridgehead atoms. The molecule has 0 aliphatic heterocycles. The first-order valence-electron chi connectivity index (χ1n) is 6.56. The topological polar surface area (TPSA) is 81.7 Å². The first-order valence-corrected chi connectivity index (χ1v) is 6.56. The van der Waals surface area contributed by atoms with Crippen LogP contribution in [0.25, 0.3) is 11.3 Å². The molecule has 3 N–H and O–H groups in total. The average Bonchev–Trinajstić information content (AvgIpc) is 2.80. The first-order chi connectivity index (χ1) is 9.26. The summed E-state index contributed by atoms with van der Waals surface area (Å²) in [5.74, 6) is 0.634. The summed E-state index contributed by atoms with van der Waals surface area (Å²) in [5, 5.41) is 7.50. The Morgan fingerprint density at radius 3 is 2.95 bits per heavy atom. The molecule has 0 amide bonds. The molecule has 0 saturated heterocycles. The Hall–Kier alpha value is -1.95. The molecule has 19 heavy (non-hydrogen) atoms. The van der Waals surface area contributed by atoms with E-state index in [9.17, 15) is 0 Å². The van der Waals surface area contributed by atoms with Crippen molar-refractivity contribution in [2.24, 2.45) is 5.73 Å². The maximum Gasteiger partial charge on any atom is 0.223 e. The molecule has 2 heterocycles. The van der Waals surface area contributed by atoms with Gasteiger partial charge in [-0.3, -0.25) is 4.68 Å². The molecular weight excluding hydrogens is 240 g/mol. The fourth-order valence-electron chi connectivity index (χ4n) is 1.91. The van der Waals surface area contributed by atoms with Crippen LogP contribution in [0.3, 0.4) is 0 Å². The summed E-state index contributed by atoms with van der Waals surface area (Å²) < 4.78 is 1.96. The van der Waals surface area contributed by atoms with Crippen LogP contribution >= 0.6 is 0 Å². The smallest absolute Gasteiger partial charge is 0.223 e. The molecule has 0 fully saturated rings. The van der Waals surface area contributed by atoms with Crippen LogP contribution in [0, 0.1) is 6.92 Å². The Labute approximate surface area is 113 Å². The van der Waals surface area contributed by atoms with Gasteiger partial charge in [0, 0.05) is 30.5 Å². The molecule has 2 aromatic heterocycles. The SMILES string of the molecule is CCn1ncc(-c2ccnc(NCCCN)n2)c1C. The van der Waals surface area contributed by atoms with Gasteiger partial charge in [0.25, 0.3) is 0 Å². The molecule has 2 aromatic rings. The number of nitrogens with zero attached hydrogens (tertiary/aromatic N) is 4.